The lowest BCUT2D eigenvalue weighted by atomic mass is 9.84. The number of hydrogen-bond donors (Lipinski definition) is 1. The third-order valence-corrected chi connectivity index (χ3v) is 5.51. The highest BCUT2D eigenvalue weighted by molar-refractivity contribution is 9.10. The van der Waals surface area contributed by atoms with E-state index < -0.39 is 0 Å². The average molecular weight is 348 g/mol. The van der Waals surface area contributed by atoms with Crippen molar-refractivity contribution in [2.24, 2.45) is 5.92 Å². The summed E-state index contributed by atoms with van der Waals surface area (Å²) in [5.41, 5.74) is 1.80. The molecule has 5 rings (SSSR count). The second-order valence-electron chi connectivity index (χ2n) is 6.09. The minimum atomic E-state index is 0.0421. The molecule has 3 fully saturated rings. The number of nitrogens with zero attached hydrogens (tertiary/aromatic N) is 2. The molecule has 5 heteroatoms. The molecule has 0 radical (unpaired) electrons. The Hall–Kier alpha value is -1.33. The summed E-state index contributed by atoms with van der Waals surface area (Å²) in [7, 11) is 0. The molecule has 110 valence electrons. The zero-order chi connectivity index (χ0) is 14.4. The normalized spacial score (nSPS) is 28.0. The maximum absolute atomic E-state index is 12.5. The molecule has 0 unspecified atom stereocenters. The number of rotatable bonds is 2. The number of fused-ring (bicyclic) bond motifs is 4. The van der Waals surface area contributed by atoms with Crippen LogP contribution in [0.15, 0.2) is 35.1 Å². The number of nitrogens with one attached hydrogen (secondary N) is 1. The number of pyridine rings is 1. The van der Waals surface area contributed by atoms with Gasteiger partial charge >= 0.3 is 0 Å². The molecule has 21 heavy (non-hydrogen) atoms. The van der Waals surface area contributed by atoms with Crippen molar-refractivity contribution in [3.05, 3.63) is 40.6 Å². The van der Waals surface area contributed by atoms with Crippen LogP contribution in [-0.4, -0.2) is 40.9 Å². The van der Waals surface area contributed by atoms with Gasteiger partial charge in [-0.3, -0.25) is 4.79 Å². The summed E-state index contributed by atoms with van der Waals surface area (Å²) < 4.78 is 3.03. The van der Waals surface area contributed by atoms with Crippen LogP contribution < -0.4 is 5.32 Å². The smallest absolute Gasteiger partial charge is 0.253 e. The largest absolute Gasteiger partial charge is 0.348 e. The molecule has 1 N–H and O–H groups in total. The zero-order valence-corrected chi connectivity index (χ0v) is 13.3. The number of piperidine rings is 3. The lowest BCUT2D eigenvalue weighted by molar-refractivity contribution is 0.0620. The molecule has 1 atom stereocenters. The fraction of sp³-hybridized carbons (Fsp3) is 0.438. The molecule has 3 saturated heterocycles. The maximum atomic E-state index is 12.5. The predicted molar refractivity (Wildman–Crippen MR) is 85.5 cm³/mol. The molecule has 3 aliphatic heterocycles. The molecule has 1 amide bonds. The van der Waals surface area contributed by atoms with Crippen LogP contribution in [0.2, 0.25) is 0 Å². The van der Waals surface area contributed by atoms with Crippen LogP contribution in [0, 0.1) is 5.92 Å². The van der Waals surface area contributed by atoms with Gasteiger partial charge in [-0.1, -0.05) is 0 Å². The van der Waals surface area contributed by atoms with Crippen LogP contribution in [-0.2, 0) is 0 Å². The fourth-order valence-electron chi connectivity index (χ4n) is 3.59. The van der Waals surface area contributed by atoms with E-state index >= 15 is 0 Å². The quantitative estimate of drug-likeness (QED) is 0.906. The first-order valence-corrected chi connectivity index (χ1v) is 8.29. The van der Waals surface area contributed by atoms with E-state index in [4.69, 9.17) is 0 Å². The highest BCUT2D eigenvalue weighted by atomic mass is 79.9. The van der Waals surface area contributed by atoms with Gasteiger partial charge in [0.15, 0.2) is 0 Å². The standard InChI is InChI=1S/C16H18BrN3O/c17-13-5-8-20-9-12(1-2-15(13)20)16(21)18-14-10-19-6-3-11(14)4-7-19/h1-2,5,8-9,11,14H,3-4,6-7,10H2,(H,18,21)/t14-/m0/s1. The Labute approximate surface area is 132 Å². The maximum Gasteiger partial charge on any atom is 0.253 e. The molecular formula is C16H18BrN3O. The Morgan fingerprint density at radius 3 is 2.76 bits per heavy atom. The van der Waals surface area contributed by atoms with E-state index in [2.05, 4.69) is 26.1 Å². The molecule has 2 aromatic rings. The van der Waals surface area contributed by atoms with Gasteiger partial charge in [0.1, 0.15) is 0 Å². The lowest BCUT2D eigenvalue weighted by Crippen LogP contribution is -2.57. The van der Waals surface area contributed by atoms with Crippen LogP contribution in [0.5, 0.6) is 0 Å². The third-order valence-electron chi connectivity index (χ3n) is 4.84. The van der Waals surface area contributed by atoms with E-state index in [0.717, 1.165) is 22.1 Å². The van der Waals surface area contributed by atoms with E-state index in [0.29, 0.717) is 12.0 Å². The van der Waals surface area contributed by atoms with Crippen molar-refractivity contribution in [1.29, 1.82) is 0 Å². The number of hydrogen-bond acceptors (Lipinski definition) is 2. The topological polar surface area (TPSA) is 36.8 Å². The monoisotopic (exact) mass is 347 g/mol. The molecular weight excluding hydrogens is 330 g/mol. The van der Waals surface area contributed by atoms with Gasteiger partial charge in [0.2, 0.25) is 0 Å². The Bertz CT molecular complexity index is 688. The van der Waals surface area contributed by atoms with Crippen molar-refractivity contribution in [3.8, 4) is 0 Å². The minimum Gasteiger partial charge on any atom is -0.348 e. The summed E-state index contributed by atoms with van der Waals surface area (Å²) >= 11 is 3.50. The minimum absolute atomic E-state index is 0.0421. The lowest BCUT2D eigenvalue weighted by Gasteiger charge is -2.44. The van der Waals surface area contributed by atoms with Crippen molar-refractivity contribution in [2.45, 2.75) is 18.9 Å². The highest BCUT2D eigenvalue weighted by Crippen LogP contribution is 2.27. The molecule has 0 aromatic carbocycles. The van der Waals surface area contributed by atoms with E-state index in [1.807, 2.05) is 35.0 Å². The number of amides is 1. The van der Waals surface area contributed by atoms with Gasteiger partial charge in [-0.25, -0.2) is 0 Å². The number of halogens is 1. The van der Waals surface area contributed by atoms with E-state index in [-0.39, 0.29) is 5.91 Å². The number of carbonyl (C=O) groups is 1. The van der Waals surface area contributed by atoms with Crippen molar-refractivity contribution in [2.75, 3.05) is 19.6 Å². The SMILES string of the molecule is O=C(N[C@H]1CN2CCC1CC2)c1ccc2c(Br)ccn2c1. The fourth-order valence-corrected chi connectivity index (χ4v) is 4.04. The summed E-state index contributed by atoms with van der Waals surface area (Å²) in [4.78, 5) is 14.9. The Balaban J connectivity index is 1.53. The first-order chi connectivity index (χ1) is 10.2. The van der Waals surface area contributed by atoms with Gasteiger partial charge in [0, 0.05) is 29.5 Å². The predicted octanol–water partition coefficient (Wildman–Crippen LogP) is 2.53. The van der Waals surface area contributed by atoms with Gasteiger partial charge < -0.3 is 14.6 Å². The summed E-state index contributed by atoms with van der Waals surface area (Å²) in [5.74, 6) is 0.698. The van der Waals surface area contributed by atoms with E-state index in [1.54, 1.807) is 0 Å². The summed E-state index contributed by atoms with van der Waals surface area (Å²) in [6.07, 6.45) is 6.30. The Morgan fingerprint density at radius 2 is 2.05 bits per heavy atom. The molecule has 3 aliphatic rings. The summed E-state index contributed by atoms with van der Waals surface area (Å²) in [5, 5.41) is 3.23. The number of carbonyl (C=O) groups excluding carboxylic acids is 1. The molecule has 2 aromatic heterocycles. The van der Waals surface area contributed by atoms with E-state index in [1.165, 1.54) is 25.9 Å². The van der Waals surface area contributed by atoms with Gasteiger partial charge in [0.25, 0.3) is 5.91 Å². The molecule has 0 spiro atoms. The first-order valence-electron chi connectivity index (χ1n) is 7.50. The van der Waals surface area contributed by atoms with Gasteiger partial charge in [-0.15, -0.1) is 0 Å². The van der Waals surface area contributed by atoms with Crippen molar-refractivity contribution in [1.82, 2.24) is 14.6 Å². The van der Waals surface area contributed by atoms with Gasteiger partial charge in [-0.05, 0) is 66.0 Å². The molecule has 0 saturated carbocycles. The second-order valence-corrected chi connectivity index (χ2v) is 6.95. The van der Waals surface area contributed by atoms with Crippen LogP contribution in [0.4, 0.5) is 0 Å². The molecule has 5 heterocycles. The van der Waals surface area contributed by atoms with Crippen LogP contribution in [0.1, 0.15) is 23.2 Å². The zero-order valence-electron chi connectivity index (χ0n) is 11.8. The van der Waals surface area contributed by atoms with Gasteiger partial charge in [-0.2, -0.15) is 0 Å². The molecule has 0 aliphatic carbocycles. The summed E-state index contributed by atoms with van der Waals surface area (Å²) in [6.45, 7) is 3.40. The van der Waals surface area contributed by atoms with Gasteiger partial charge in [0.05, 0.1) is 11.1 Å². The highest BCUT2D eigenvalue weighted by Gasteiger charge is 2.34. The summed E-state index contributed by atoms with van der Waals surface area (Å²) in [6, 6.07) is 6.18. The van der Waals surface area contributed by atoms with Crippen molar-refractivity contribution < 1.29 is 4.79 Å². The Kier molecular flexibility index (Phi) is 3.27. The Morgan fingerprint density at radius 1 is 1.24 bits per heavy atom. The average Bonchev–Trinajstić information content (AvgIpc) is 2.89. The molecule has 4 nitrogen and oxygen atoms in total. The van der Waals surface area contributed by atoms with Crippen LogP contribution in [0.3, 0.4) is 0 Å². The van der Waals surface area contributed by atoms with E-state index in [9.17, 15) is 4.79 Å². The second kappa shape index (κ2) is 5.14. The van der Waals surface area contributed by atoms with Crippen molar-refractivity contribution >= 4 is 27.4 Å². The number of aromatic nitrogens is 1. The third kappa shape index (κ3) is 2.38. The first kappa shape index (κ1) is 13.3. The van der Waals surface area contributed by atoms with Crippen LogP contribution >= 0.6 is 15.9 Å². The molecule has 2 bridgehead atoms. The van der Waals surface area contributed by atoms with Crippen molar-refractivity contribution in [3.63, 3.8) is 0 Å². The van der Waals surface area contributed by atoms with Crippen LogP contribution in [0.25, 0.3) is 5.52 Å².